The molecule has 17 heavy (non-hydrogen) atoms. The van der Waals surface area contributed by atoms with E-state index >= 15 is 0 Å². The van der Waals surface area contributed by atoms with Crippen LogP contribution in [0, 0.1) is 5.92 Å². The van der Waals surface area contributed by atoms with Crippen LogP contribution in [0.1, 0.15) is 26.7 Å². The highest BCUT2D eigenvalue weighted by atomic mass is 15.3. The Kier molecular flexibility index (Phi) is 3.75. The van der Waals surface area contributed by atoms with Gasteiger partial charge in [0.1, 0.15) is 0 Å². The molecule has 0 unspecified atom stereocenters. The number of imidazole rings is 1. The molecule has 1 aromatic carbocycles. The lowest BCUT2D eigenvalue weighted by molar-refractivity contribution is 0.654. The number of aromatic nitrogens is 2. The van der Waals surface area contributed by atoms with Crippen LogP contribution in [0.25, 0.3) is 11.0 Å². The van der Waals surface area contributed by atoms with Gasteiger partial charge in [-0.15, -0.1) is 0 Å². The Labute approximate surface area is 101 Å². The van der Waals surface area contributed by atoms with Crippen LogP contribution in [0.3, 0.4) is 0 Å². The summed E-state index contributed by atoms with van der Waals surface area (Å²) in [7, 11) is 0. The molecule has 0 amide bonds. The number of nitrogens with zero attached hydrogens (tertiary/aromatic N) is 2. The predicted octanol–water partition coefficient (Wildman–Crippen LogP) is 3.40. The maximum atomic E-state index is 4.38. The fourth-order valence-corrected chi connectivity index (χ4v) is 1.71. The van der Waals surface area contributed by atoms with Crippen molar-refractivity contribution in [1.82, 2.24) is 9.97 Å². The minimum absolute atomic E-state index is 0.534. The highest BCUT2D eigenvalue weighted by Gasteiger charge is 2.00. The first kappa shape index (κ1) is 11.6. The quantitative estimate of drug-likeness (QED) is 0.611. The van der Waals surface area contributed by atoms with Gasteiger partial charge in [0, 0.05) is 6.21 Å². The van der Waals surface area contributed by atoms with E-state index in [0.29, 0.717) is 11.9 Å². The van der Waals surface area contributed by atoms with E-state index in [1.165, 1.54) is 0 Å². The Morgan fingerprint density at radius 1 is 1.35 bits per heavy atom. The summed E-state index contributed by atoms with van der Waals surface area (Å²) in [6, 6.07) is 7.93. The molecule has 0 spiro atoms. The lowest BCUT2D eigenvalue weighted by atomic mass is 10.1. The van der Waals surface area contributed by atoms with E-state index in [1.54, 1.807) is 0 Å². The third kappa shape index (κ3) is 2.84. The maximum Gasteiger partial charge on any atom is 0.222 e. The first-order chi connectivity index (χ1) is 8.33. The van der Waals surface area contributed by atoms with Crippen molar-refractivity contribution in [3.05, 3.63) is 24.3 Å². The van der Waals surface area contributed by atoms with E-state index in [-0.39, 0.29) is 0 Å². The number of para-hydroxylation sites is 2. The molecule has 0 aliphatic heterocycles. The third-order valence-electron chi connectivity index (χ3n) is 2.89. The summed E-state index contributed by atoms with van der Waals surface area (Å²) in [5.74, 6) is 1.22. The minimum Gasteiger partial charge on any atom is -0.323 e. The first-order valence-corrected chi connectivity index (χ1v) is 6.07. The van der Waals surface area contributed by atoms with Gasteiger partial charge in [0.25, 0.3) is 0 Å². The van der Waals surface area contributed by atoms with Crippen molar-refractivity contribution >= 4 is 23.2 Å². The van der Waals surface area contributed by atoms with E-state index < -0.39 is 0 Å². The number of anilines is 1. The number of hydrogen-bond donors (Lipinski definition) is 2. The molecule has 0 atom stereocenters. The van der Waals surface area contributed by atoms with E-state index in [9.17, 15) is 0 Å². The maximum absolute atomic E-state index is 4.38. The molecular formula is C13H18N4. The number of fused-ring (bicyclic) bond motifs is 1. The third-order valence-corrected chi connectivity index (χ3v) is 2.89. The van der Waals surface area contributed by atoms with Crippen LogP contribution in [0.5, 0.6) is 0 Å². The molecule has 4 heteroatoms. The molecule has 0 fully saturated rings. The molecule has 1 aromatic heterocycles. The summed E-state index contributed by atoms with van der Waals surface area (Å²) < 4.78 is 0. The molecular weight excluding hydrogens is 212 g/mol. The van der Waals surface area contributed by atoms with E-state index in [0.717, 1.165) is 23.9 Å². The number of nitrogens with one attached hydrogen (secondary N) is 2. The lowest BCUT2D eigenvalue weighted by Gasteiger charge is -2.03. The zero-order valence-corrected chi connectivity index (χ0v) is 10.3. The van der Waals surface area contributed by atoms with Gasteiger partial charge in [-0.3, -0.25) is 0 Å². The summed E-state index contributed by atoms with van der Waals surface area (Å²) >= 11 is 0. The second-order valence-corrected chi connectivity index (χ2v) is 4.07. The van der Waals surface area contributed by atoms with Gasteiger partial charge in [0.15, 0.2) is 0 Å². The topological polar surface area (TPSA) is 53.1 Å². The van der Waals surface area contributed by atoms with Gasteiger partial charge in [-0.1, -0.05) is 26.0 Å². The van der Waals surface area contributed by atoms with Crippen LogP contribution in [-0.2, 0) is 0 Å². The van der Waals surface area contributed by atoms with Crippen molar-refractivity contribution in [2.24, 2.45) is 11.0 Å². The van der Waals surface area contributed by atoms with Gasteiger partial charge in [0.05, 0.1) is 11.0 Å². The monoisotopic (exact) mass is 230 g/mol. The Balaban J connectivity index is 2.03. The molecule has 0 saturated carbocycles. The first-order valence-electron chi connectivity index (χ1n) is 6.07. The average Bonchev–Trinajstić information content (AvgIpc) is 2.77. The summed E-state index contributed by atoms with van der Waals surface area (Å²) in [6.07, 6.45) is 4.18. The zero-order valence-electron chi connectivity index (χ0n) is 10.3. The van der Waals surface area contributed by atoms with Gasteiger partial charge >= 0.3 is 0 Å². The van der Waals surface area contributed by atoms with Gasteiger partial charge in [0.2, 0.25) is 5.95 Å². The Hall–Kier alpha value is -1.84. The number of rotatable bonds is 5. The lowest BCUT2D eigenvalue weighted by Crippen LogP contribution is -2.00. The van der Waals surface area contributed by atoms with Crippen molar-refractivity contribution in [3.8, 4) is 0 Å². The van der Waals surface area contributed by atoms with Crippen LogP contribution in [-0.4, -0.2) is 16.2 Å². The summed E-state index contributed by atoms with van der Waals surface area (Å²) in [4.78, 5) is 7.55. The van der Waals surface area contributed by atoms with Crippen molar-refractivity contribution in [3.63, 3.8) is 0 Å². The van der Waals surface area contributed by atoms with Crippen LogP contribution < -0.4 is 5.43 Å². The second kappa shape index (κ2) is 5.48. The Morgan fingerprint density at radius 2 is 2.12 bits per heavy atom. The minimum atomic E-state index is 0.534. The number of benzene rings is 1. The number of hydrazone groups is 1. The summed E-state index contributed by atoms with van der Waals surface area (Å²) in [5.41, 5.74) is 4.91. The Morgan fingerprint density at radius 3 is 2.82 bits per heavy atom. The average molecular weight is 230 g/mol. The van der Waals surface area contributed by atoms with E-state index in [2.05, 4.69) is 34.3 Å². The molecule has 0 radical (unpaired) electrons. The summed E-state index contributed by atoms with van der Waals surface area (Å²) in [5, 5.41) is 4.21. The zero-order chi connectivity index (χ0) is 12.1. The molecule has 2 N–H and O–H groups in total. The molecule has 0 aliphatic rings. The van der Waals surface area contributed by atoms with Crippen LogP contribution in [0.4, 0.5) is 5.95 Å². The molecule has 0 aliphatic carbocycles. The number of H-pyrrole nitrogens is 1. The van der Waals surface area contributed by atoms with Crippen molar-refractivity contribution in [2.75, 3.05) is 5.43 Å². The van der Waals surface area contributed by atoms with Gasteiger partial charge in [-0.05, 0) is 30.9 Å². The predicted molar refractivity (Wildman–Crippen MR) is 72.3 cm³/mol. The highest BCUT2D eigenvalue weighted by Crippen LogP contribution is 2.13. The van der Waals surface area contributed by atoms with Gasteiger partial charge < -0.3 is 4.98 Å². The van der Waals surface area contributed by atoms with E-state index in [1.807, 2.05) is 30.5 Å². The SMILES string of the molecule is CCC(C=NNc1nc2ccccc2[nH]1)CC. The van der Waals surface area contributed by atoms with Crippen LogP contribution >= 0.6 is 0 Å². The van der Waals surface area contributed by atoms with Gasteiger partial charge in [-0.2, -0.15) is 5.10 Å². The van der Waals surface area contributed by atoms with Crippen LogP contribution in [0.15, 0.2) is 29.4 Å². The van der Waals surface area contributed by atoms with Crippen molar-refractivity contribution < 1.29 is 0 Å². The molecule has 2 rings (SSSR count). The van der Waals surface area contributed by atoms with Crippen LogP contribution in [0.2, 0.25) is 0 Å². The molecule has 2 aromatic rings. The van der Waals surface area contributed by atoms with Crippen molar-refractivity contribution in [2.45, 2.75) is 26.7 Å². The fraction of sp³-hybridized carbons (Fsp3) is 0.385. The standard InChI is InChI=1S/C13H18N4/c1-3-10(4-2)9-14-17-13-15-11-7-5-6-8-12(11)16-13/h5-10H,3-4H2,1-2H3,(H2,15,16,17). The smallest absolute Gasteiger partial charge is 0.222 e. The van der Waals surface area contributed by atoms with Gasteiger partial charge in [-0.25, -0.2) is 10.4 Å². The Bertz CT molecular complexity index is 464. The molecule has 90 valence electrons. The number of hydrogen-bond acceptors (Lipinski definition) is 3. The normalized spacial score (nSPS) is 11.7. The molecule has 1 heterocycles. The van der Waals surface area contributed by atoms with E-state index in [4.69, 9.17) is 0 Å². The van der Waals surface area contributed by atoms with Crippen molar-refractivity contribution in [1.29, 1.82) is 0 Å². The molecule has 0 saturated heterocycles. The molecule has 4 nitrogen and oxygen atoms in total. The fourth-order valence-electron chi connectivity index (χ4n) is 1.71. The summed E-state index contributed by atoms with van der Waals surface area (Å²) in [6.45, 7) is 4.34. The second-order valence-electron chi connectivity index (χ2n) is 4.07. The molecule has 0 bridgehead atoms. The largest absolute Gasteiger partial charge is 0.323 e. The highest BCUT2D eigenvalue weighted by molar-refractivity contribution is 5.77. The number of aromatic amines is 1.